The maximum absolute atomic E-state index is 11.7. The molecular formula is C13H17N5O3S. The Balaban J connectivity index is 1.73. The number of nitrogens with one attached hydrogen (secondary N) is 1. The number of imidazole rings is 1. The van der Waals surface area contributed by atoms with Crippen molar-refractivity contribution in [2.24, 2.45) is 0 Å². The van der Waals surface area contributed by atoms with E-state index in [9.17, 15) is 8.42 Å². The van der Waals surface area contributed by atoms with Crippen LogP contribution in [0.15, 0.2) is 31.1 Å². The first kappa shape index (κ1) is 14.9. The molecule has 3 rings (SSSR count). The Bertz CT molecular complexity index is 747. The molecule has 0 saturated carbocycles. The average molecular weight is 323 g/mol. The van der Waals surface area contributed by atoms with Crippen LogP contribution >= 0.6 is 0 Å². The van der Waals surface area contributed by atoms with E-state index >= 15 is 0 Å². The van der Waals surface area contributed by atoms with E-state index in [0.717, 1.165) is 0 Å². The van der Waals surface area contributed by atoms with Crippen molar-refractivity contribution in [3.63, 3.8) is 0 Å². The number of ether oxygens (including phenoxy) is 1. The van der Waals surface area contributed by atoms with Crippen LogP contribution in [0, 0.1) is 0 Å². The molecule has 0 spiro atoms. The first-order valence-electron chi connectivity index (χ1n) is 6.82. The van der Waals surface area contributed by atoms with Crippen LogP contribution in [0.4, 0.5) is 5.82 Å². The fraction of sp³-hybridized carbons (Fsp3) is 0.462. The quantitative estimate of drug-likeness (QED) is 0.843. The zero-order chi connectivity index (χ0) is 15.6. The Morgan fingerprint density at radius 1 is 1.45 bits per heavy atom. The van der Waals surface area contributed by atoms with Gasteiger partial charge >= 0.3 is 0 Å². The van der Waals surface area contributed by atoms with Crippen LogP contribution < -0.4 is 5.32 Å². The second-order valence-corrected chi connectivity index (χ2v) is 7.50. The largest absolute Gasteiger partial charge is 0.375 e. The van der Waals surface area contributed by atoms with Gasteiger partial charge in [0.05, 0.1) is 17.1 Å². The van der Waals surface area contributed by atoms with Gasteiger partial charge in [0, 0.05) is 32.1 Å². The lowest BCUT2D eigenvalue weighted by Gasteiger charge is -2.26. The number of aromatic nitrogens is 4. The molecule has 22 heavy (non-hydrogen) atoms. The number of nitrogens with zero attached hydrogens (tertiary/aromatic N) is 4. The van der Waals surface area contributed by atoms with E-state index in [1.807, 2.05) is 0 Å². The summed E-state index contributed by atoms with van der Waals surface area (Å²) < 4.78 is 30.6. The fourth-order valence-corrected chi connectivity index (χ4v) is 4.48. The third-order valence-electron chi connectivity index (χ3n) is 3.80. The number of hydrogen-bond acceptors (Lipinski definition) is 7. The SMILES string of the molecule is COC1(CNc2cc(-n3ccnc3)ncn2)CCS(=O)(=O)C1. The van der Waals surface area contributed by atoms with E-state index in [2.05, 4.69) is 20.3 Å². The zero-order valence-electron chi connectivity index (χ0n) is 12.1. The molecule has 0 aromatic carbocycles. The third-order valence-corrected chi connectivity index (χ3v) is 5.59. The maximum Gasteiger partial charge on any atom is 0.153 e. The van der Waals surface area contributed by atoms with Gasteiger partial charge in [0.1, 0.15) is 24.3 Å². The topological polar surface area (TPSA) is 99.0 Å². The summed E-state index contributed by atoms with van der Waals surface area (Å²) >= 11 is 0. The molecule has 1 aliphatic heterocycles. The van der Waals surface area contributed by atoms with Gasteiger partial charge in [-0.3, -0.25) is 4.57 Å². The molecule has 0 bridgehead atoms. The van der Waals surface area contributed by atoms with Crippen molar-refractivity contribution in [1.82, 2.24) is 19.5 Å². The highest BCUT2D eigenvalue weighted by Crippen LogP contribution is 2.27. The minimum Gasteiger partial charge on any atom is -0.375 e. The molecule has 1 saturated heterocycles. The number of rotatable bonds is 5. The predicted octanol–water partition coefficient (Wildman–Crippen LogP) is 0.278. The van der Waals surface area contributed by atoms with Gasteiger partial charge < -0.3 is 10.1 Å². The fourth-order valence-electron chi connectivity index (χ4n) is 2.49. The van der Waals surface area contributed by atoms with Crippen LogP contribution in [0.25, 0.3) is 5.82 Å². The Hall–Kier alpha value is -2.00. The summed E-state index contributed by atoms with van der Waals surface area (Å²) in [5, 5.41) is 3.14. The van der Waals surface area contributed by atoms with Crippen molar-refractivity contribution in [2.75, 3.05) is 30.5 Å². The standard InChI is InChI=1S/C13H17N5O3S/c1-21-13(2-5-22(19,20)8-13)7-15-11-6-12(17-9-16-11)18-4-3-14-10-18/h3-4,6,9-10H,2,5,7-8H2,1H3,(H,15,16,17). The molecule has 1 fully saturated rings. The number of sulfone groups is 1. The molecule has 2 aromatic heterocycles. The van der Waals surface area contributed by atoms with Crippen molar-refractivity contribution in [3.8, 4) is 5.82 Å². The van der Waals surface area contributed by atoms with E-state index in [1.165, 1.54) is 6.33 Å². The second kappa shape index (κ2) is 5.65. The van der Waals surface area contributed by atoms with E-state index in [0.29, 0.717) is 24.6 Å². The van der Waals surface area contributed by atoms with Gasteiger partial charge in [0.25, 0.3) is 0 Å². The molecule has 118 valence electrons. The molecule has 8 nitrogen and oxygen atoms in total. The smallest absolute Gasteiger partial charge is 0.153 e. The zero-order valence-corrected chi connectivity index (χ0v) is 13.0. The van der Waals surface area contributed by atoms with Crippen LogP contribution in [-0.2, 0) is 14.6 Å². The summed E-state index contributed by atoms with van der Waals surface area (Å²) in [4.78, 5) is 12.3. The molecule has 2 aromatic rings. The van der Waals surface area contributed by atoms with Crippen molar-refractivity contribution in [3.05, 3.63) is 31.1 Å². The molecule has 9 heteroatoms. The Morgan fingerprint density at radius 3 is 2.95 bits per heavy atom. The number of anilines is 1. The van der Waals surface area contributed by atoms with Crippen LogP contribution in [0.2, 0.25) is 0 Å². The van der Waals surface area contributed by atoms with Gasteiger partial charge in [-0.15, -0.1) is 0 Å². The summed E-state index contributed by atoms with van der Waals surface area (Å²) in [6.07, 6.45) is 7.03. The van der Waals surface area contributed by atoms with Gasteiger partial charge in [0.2, 0.25) is 0 Å². The lowest BCUT2D eigenvalue weighted by Crippen LogP contribution is -2.40. The van der Waals surface area contributed by atoms with E-state index in [-0.39, 0.29) is 11.5 Å². The molecule has 3 heterocycles. The van der Waals surface area contributed by atoms with Crippen molar-refractivity contribution < 1.29 is 13.2 Å². The van der Waals surface area contributed by atoms with E-state index < -0.39 is 15.4 Å². The maximum atomic E-state index is 11.7. The highest BCUT2D eigenvalue weighted by atomic mass is 32.2. The first-order valence-corrected chi connectivity index (χ1v) is 8.64. The minimum atomic E-state index is -3.02. The van der Waals surface area contributed by atoms with Crippen molar-refractivity contribution in [2.45, 2.75) is 12.0 Å². The van der Waals surface area contributed by atoms with Crippen molar-refractivity contribution in [1.29, 1.82) is 0 Å². The Kier molecular flexibility index (Phi) is 3.83. The van der Waals surface area contributed by atoms with Gasteiger partial charge in [-0.1, -0.05) is 0 Å². The summed E-state index contributed by atoms with van der Waals surface area (Å²) in [5.41, 5.74) is -0.695. The highest BCUT2D eigenvalue weighted by molar-refractivity contribution is 7.91. The molecule has 0 amide bonds. The van der Waals surface area contributed by atoms with Gasteiger partial charge in [-0.05, 0) is 6.42 Å². The normalized spacial score (nSPS) is 23.5. The number of methoxy groups -OCH3 is 1. The molecule has 0 aliphatic carbocycles. The van der Waals surface area contributed by atoms with E-state index in [1.54, 1.807) is 36.5 Å². The third kappa shape index (κ3) is 3.09. The summed E-state index contributed by atoms with van der Waals surface area (Å²) in [6, 6.07) is 1.77. The second-order valence-electron chi connectivity index (χ2n) is 5.31. The Morgan fingerprint density at radius 2 is 2.32 bits per heavy atom. The predicted molar refractivity (Wildman–Crippen MR) is 80.7 cm³/mol. The molecular weight excluding hydrogens is 306 g/mol. The van der Waals surface area contributed by atoms with E-state index in [4.69, 9.17) is 4.74 Å². The van der Waals surface area contributed by atoms with Crippen LogP contribution in [0.3, 0.4) is 0 Å². The van der Waals surface area contributed by atoms with Crippen molar-refractivity contribution >= 4 is 15.7 Å². The summed E-state index contributed by atoms with van der Waals surface area (Å²) in [6.45, 7) is 0.378. The first-order chi connectivity index (χ1) is 10.5. The molecule has 1 unspecified atom stereocenters. The molecule has 0 radical (unpaired) electrons. The monoisotopic (exact) mass is 323 g/mol. The minimum absolute atomic E-state index is 0.0307. The molecule has 1 atom stereocenters. The summed E-state index contributed by atoms with van der Waals surface area (Å²) in [7, 11) is -1.48. The van der Waals surface area contributed by atoms with Crippen LogP contribution in [0.5, 0.6) is 0 Å². The highest BCUT2D eigenvalue weighted by Gasteiger charge is 2.42. The van der Waals surface area contributed by atoms with Gasteiger partial charge in [-0.2, -0.15) is 0 Å². The average Bonchev–Trinajstić information content (AvgIpc) is 3.14. The lowest BCUT2D eigenvalue weighted by atomic mass is 10.0. The summed E-state index contributed by atoms with van der Waals surface area (Å²) in [5.74, 6) is 1.48. The Labute approximate surface area is 128 Å². The molecule has 1 aliphatic rings. The van der Waals surface area contributed by atoms with Crippen LogP contribution in [-0.4, -0.2) is 58.7 Å². The van der Waals surface area contributed by atoms with Gasteiger partial charge in [0.15, 0.2) is 9.84 Å². The molecule has 1 N–H and O–H groups in total. The number of hydrogen-bond donors (Lipinski definition) is 1. The lowest BCUT2D eigenvalue weighted by molar-refractivity contribution is 0.0241. The van der Waals surface area contributed by atoms with Crippen LogP contribution in [0.1, 0.15) is 6.42 Å². The van der Waals surface area contributed by atoms with Gasteiger partial charge in [-0.25, -0.2) is 23.4 Å².